The number of nitrogens with zero attached hydrogens (tertiary/aromatic N) is 1. The Morgan fingerprint density at radius 2 is 1.92 bits per heavy atom. The van der Waals surface area contributed by atoms with Gasteiger partial charge in [0.2, 0.25) is 0 Å². The summed E-state index contributed by atoms with van der Waals surface area (Å²) >= 11 is 0. The lowest BCUT2D eigenvalue weighted by molar-refractivity contribution is -0.166. The summed E-state index contributed by atoms with van der Waals surface area (Å²) < 4.78 is 33.5. The number of pyridine rings is 1. The molecule has 6 heteroatoms. The van der Waals surface area contributed by atoms with Crippen LogP contribution < -0.4 is 4.74 Å². The summed E-state index contributed by atoms with van der Waals surface area (Å²) in [6, 6.07) is 11.5. The van der Waals surface area contributed by atoms with Crippen LogP contribution in [0.4, 0.5) is 4.39 Å². The van der Waals surface area contributed by atoms with Gasteiger partial charge in [-0.15, -0.1) is 0 Å². The largest absolute Gasteiger partial charge is 0.493 e. The summed E-state index contributed by atoms with van der Waals surface area (Å²) in [5, 5.41) is 2.54. The van der Waals surface area contributed by atoms with E-state index >= 15 is 4.39 Å². The highest BCUT2D eigenvalue weighted by Gasteiger charge is 2.34. The summed E-state index contributed by atoms with van der Waals surface area (Å²) in [6.45, 7) is 14.3. The number of hydrogen-bond donors (Lipinski definition) is 0. The van der Waals surface area contributed by atoms with Crippen LogP contribution in [0.1, 0.15) is 75.8 Å². The van der Waals surface area contributed by atoms with Crippen LogP contribution in [0, 0.1) is 12.7 Å². The SMILES string of the molecule is CCOC(=O)[C@@H](OC(C)(C)C)c1c(C)cc2cc(C(C)C)c(F)cc2c1-c1ccc2c3c(ccnc13)CCO2. The first-order valence-corrected chi connectivity index (χ1v) is 13.6. The Morgan fingerprint density at radius 3 is 2.62 bits per heavy atom. The lowest BCUT2D eigenvalue weighted by atomic mass is 9.84. The van der Waals surface area contributed by atoms with Crippen molar-refractivity contribution in [3.05, 3.63) is 70.7 Å². The lowest BCUT2D eigenvalue weighted by Crippen LogP contribution is -2.29. The molecule has 0 radical (unpaired) electrons. The summed E-state index contributed by atoms with van der Waals surface area (Å²) in [5.74, 6) is 0.0443. The third kappa shape index (κ3) is 4.98. The van der Waals surface area contributed by atoms with Crippen molar-refractivity contribution < 1.29 is 23.4 Å². The van der Waals surface area contributed by atoms with Crippen LogP contribution in [0.5, 0.6) is 5.75 Å². The molecule has 0 fully saturated rings. The van der Waals surface area contributed by atoms with E-state index in [4.69, 9.17) is 19.2 Å². The topological polar surface area (TPSA) is 57.7 Å². The third-order valence-corrected chi connectivity index (χ3v) is 7.20. The monoisotopic (exact) mass is 529 g/mol. The molecule has 0 N–H and O–H groups in total. The van der Waals surface area contributed by atoms with Crippen molar-refractivity contribution in [2.45, 2.75) is 72.5 Å². The van der Waals surface area contributed by atoms with E-state index in [9.17, 15) is 4.79 Å². The molecular weight excluding hydrogens is 493 g/mol. The number of benzene rings is 3. The molecule has 0 amide bonds. The zero-order valence-electron chi connectivity index (χ0n) is 23.8. The second kappa shape index (κ2) is 10.2. The molecule has 1 atom stereocenters. The molecule has 5 nitrogen and oxygen atoms in total. The van der Waals surface area contributed by atoms with Crippen molar-refractivity contribution in [3.63, 3.8) is 0 Å². The molecule has 0 aliphatic carbocycles. The number of carbonyl (C=O) groups excluding carboxylic acids is 1. The molecule has 2 heterocycles. The molecule has 0 unspecified atom stereocenters. The minimum atomic E-state index is -1.01. The van der Waals surface area contributed by atoms with E-state index in [2.05, 4.69) is 0 Å². The van der Waals surface area contributed by atoms with Gasteiger partial charge in [0.15, 0.2) is 6.10 Å². The maximum atomic E-state index is 15.6. The Hall–Kier alpha value is -3.51. The van der Waals surface area contributed by atoms with Gasteiger partial charge in [-0.25, -0.2) is 9.18 Å². The molecule has 3 aromatic carbocycles. The van der Waals surface area contributed by atoms with E-state index in [0.717, 1.165) is 50.7 Å². The summed E-state index contributed by atoms with van der Waals surface area (Å²) in [6.07, 6.45) is 1.57. The van der Waals surface area contributed by atoms with Gasteiger partial charge < -0.3 is 14.2 Å². The predicted octanol–water partition coefficient (Wildman–Crippen LogP) is 7.98. The zero-order chi connectivity index (χ0) is 28.1. The fourth-order valence-corrected chi connectivity index (χ4v) is 5.57. The average molecular weight is 530 g/mol. The van der Waals surface area contributed by atoms with Crippen LogP contribution in [-0.2, 0) is 20.7 Å². The molecule has 4 aromatic rings. The quantitative estimate of drug-likeness (QED) is 0.237. The normalized spacial score (nSPS) is 14.1. The minimum absolute atomic E-state index is 0.0219. The third-order valence-electron chi connectivity index (χ3n) is 7.20. The van der Waals surface area contributed by atoms with E-state index in [-0.39, 0.29) is 18.3 Å². The molecule has 1 aromatic heterocycles. The smallest absolute Gasteiger partial charge is 0.339 e. The molecule has 1 aliphatic heterocycles. The number of carbonyl (C=O) groups is 1. The van der Waals surface area contributed by atoms with Gasteiger partial charge in [0.25, 0.3) is 0 Å². The molecular formula is C33H36FNO4. The average Bonchev–Trinajstić information content (AvgIpc) is 2.87. The van der Waals surface area contributed by atoms with Gasteiger partial charge in [0, 0.05) is 29.1 Å². The molecule has 39 heavy (non-hydrogen) atoms. The minimum Gasteiger partial charge on any atom is -0.493 e. The van der Waals surface area contributed by atoms with Gasteiger partial charge in [-0.3, -0.25) is 4.98 Å². The van der Waals surface area contributed by atoms with E-state index in [1.165, 1.54) is 0 Å². The van der Waals surface area contributed by atoms with Gasteiger partial charge in [0.1, 0.15) is 11.6 Å². The van der Waals surface area contributed by atoms with Crippen molar-refractivity contribution >= 4 is 27.6 Å². The van der Waals surface area contributed by atoms with Gasteiger partial charge in [-0.2, -0.15) is 0 Å². The molecule has 5 rings (SSSR count). The van der Waals surface area contributed by atoms with E-state index < -0.39 is 17.7 Å². The predicted molar refractivity (Wildman–Crippen MR) is 153 cm³/mol. The van der Waals surface area contributed by atoms with Crippen LogP contribution >= 0.6 is 0 Å². The number of aryl methyl sites for hydroxylation is 1. The Kier molecular flexibility index (Phi) is 7.10. The highest BCUT2D eigenvalue weighted by molar-refractivity contribution is 6.09. The van der Waals surface area contributed by atoms with Gasteiger partial charge in [-0.1, -0.05) is 19.9 Å². The fourth-order valence-electron chi connectivity index (χ4n) is 5.57. The lowest BCUT2D eigenvalue weighted by Gasteiger charge is -2.30. The maximum absolute atomic E-state index is 15.6. The molecule has 0 saturated carbocycles. The van der Waals surface area contributed by atoms with E-state index in [1.807, 2.05) is 71.9 Å². The molecule has 0 bridgehead atoms. The Labute approximate surface area is 229 Å². The Balaban J connectivity index is 1.93. The van der Waals surface area contributed by atoms with Crippen LogP contribution in [-0.4, -0.2) is 29.8 Å². The number of hydrogen-bond acceptors (Lipinski definition) is 5. The highest BCUT2D eigenvalue weighted by Crippen LogP contribution is 2.46. The zero-order valence-corrected chi connectivity index (χ0v) is 23.8. The first-order chi connectivity index (χ1) is 18.5. The van der Waals surface area contributed by atoms with Crippen molar-refractivity contribution in [3.8, 4) is 16.9 Å². The van der Waals surface area contributed by atoms with Gasteiger partial charge in [0.05, 0.1) is 24.3 Å². The standard InChI is InChI=1S/C33H36FNO4/c1-8-37-32(36)31(39-33(5,6)7)27-19(4)15-21-16-23(18(2)3)25(34)17-24(21)29(27)22-9-10-26-28-20(12-14-38-26)11-13-35-30(22)28/h9-11,13,15-18,31H,8,12,14H2,1-7H3/t31-/m0/s1. The maximum Gasteiger partial charge on any atom is 0.339 e. The Bertz CT molecular complexity index is 1570. The number of ether oxygens (including phenoxy) is 3. The van der Waals surface area contributed by atoms with Crippen molar-refractivity contribution in [1.29, 1.82) is 0 Å². The first kappa shape index (κ1) is 27.1. The number of fused-ring (bicyclic) bond motifs is 1. The second-order valence-electron chi connectivity index (χ2n) is 11.5. The van der Waals surface area contributed by atoms with E-state index in [1.54, 1.807) is 19.2 Å². The summed E-state index contributed by atoms with van der Waals surface area (Å²) in [7, 11) is 0. The van der Waals surface area contributed by atoms with Crippen LogP contribution in [0.15, 0.2) is 42.6 Å². The van der Waals surface area contributed by atoms with Crippen LogP contribution in [0.3, 0.4) is 0 Å². The van der Waals surface area contributed by atoms with Crippen molar-refractivity contribution in [1.82, 2.24) is 4.98 Å². The Morgan fingerprint density at radius 1 is 1.15 bits per heavy atom. The molecule has 0 spiro atoms. The summed E-state index contributed by atoms with van der Waals surface area (Å²) in [5.41, 5.74) is 4.96. The van der Waals surface area contributed by atoms with E-state index in [0.29, 0.717) is 23.1 Å². The number of aromatic nitrogens is 1. The number of rotatable bonds is 6. The highest BCUT2D eigenvalue weighted by atomic mass is 19.1. The second-order valence-corrected chi connectivity index (χ2v) is 11.5. The molecule has 1 aliphatic rings. The molecule has 0 saturated heterocycles. The summed E-state index contributed by atoms with van der Waals surface area (Å²) in [4.78, 5) is 18.3. The molecule has 204 valence electrons. The number of esters is 1. The fraction of sp³-hybridized carbons (Fsp3) is 0.394. The van der Waals surface area contributed by atoms with Crippen molar-refractivity contribution in [2.75, 3.05) is 13.2 Å². The van der Waals surface area contributed by atoms with Crippen LogP contribution in [0.25, 0.3) is 32.8 Å². The van der Waals surface area contributed by atoms with Gasteiger partial charge >= 0.3 is 5.97 Å². The first-order valence-electron chi connectivity index (χ1n) is 13.6. The van der Waals surface area contributed by atoms with Crippen LogP contribution in [0.2, 0.25) is 0 Å². The number of halogens is 1. The van der Waals surface area contributed by atoms with Crippen molar-refractivity contribution in [2.24, 2.45) is 0 Å². The van der Waals surface area contributed by atoms with Gasteiger partial charge in [-0.05, 0) is 104 Å².